The van der Waals surface area contributed by atoms with E-state index < -0.39 is 28.3 Å². The second-order valence-corrected chi connectivity index (χ2v) is 17.2. The minimum absolute atomic E-state index is 0.0484. The standard InChI is InChI=1S/C44H56N2O8/c1-26(2)10-9-15-42(8)16-14-30-35(47)34-36(48)32-24-29-25-33-41(6,7)54-43(39(29)49,17-13-28(5)40(50)45-18-19-46-20-22-51-23-21-46)44(32,33)53-38(34)31(37(30)52-42)12-11-27(3)4/h10-11,13-14,16,24,29,33,47H,9,12,15,17-23,25H2,1-8H3,(H,45,50). The number of hydrogen-bond donors (Lipinski definition) is 2. The summed E-state index contributed by atoms with van der Waals surface area (Å²) in [5.41, 5.74) is -0.282. The zero-order chi connectivity index (χ0) is 38.8. The molecule has 10 heteroatoms. The van der Waals surface area contributed by atoms with Crippen molar-refractivity contribution >= 4 is 23.5 Å². The Morgan fingerprint density at radius 2 is 1.72 bits per heavy atom. The number of carbonyl (C=O) groups is 3. The maximum absolute atomic E-state index is 15.0. The van der Waals surface area contributed by atoms with E-state index in [0.717, 1.165) is 31.6 Å². The van der Waals surface area contributed by atoms with Gasteiger partial charge in [-0.05, 0) is 93.2 Å². The molecule has 54 heavy (non-hydrogen) atoms. The number of fused-ring (bicyclic) bond motifs is 2. The van der Waals surface area contributed by atoms with Gasteiger partial charge in [0.1, 0.15) is 28.4 Å². The van der Waals surface area contributed by atoms with Crippen molar-refractivity contribution in [3.8, 4) is 17.2 Å². The Morgan fingerprint density at radius 1 is 1.00 bits per heavy atom. The smallest absolute Gasteiger partial charge is 0.246 e. The van der Waals surface area contributed by atoms with Crippen molar-refractivity contribution in [1.29, 1.82) is 0 Å². The highest BCUT2D eigenvalue weighted by Crippen LogP contribution is 2.68. The highest BCUT2D eigenvalue weighted by molar-refractivity contribution is 6.19. The predicted molar refractivity (Wildman–Crippen MR) is 207 cm³/mol. The SMILES string of the molecule is CC(C)=CCCC1(C)C=Cc2c(O)c3c(c(CC=C(C)C)c2O1)OC12C(=CC4CC1C(C)(C)OC2(CC=C(C)C(=O)NCCN1CCOCC1)C4=O)C3=O. The monoisotopic (exact) mass is 740 g/mol. The van der Waals surface area contributed by atoms with E-state index in [1.165, 1.54) is 5.57 Å². The highest BCUT2D eigenvalue weighted by Gasteiger charge is 2.81. The van der Waals surface area contributed by atoms with E-state index in [2.05, 4.69) is 36.2 Å². The van der Waals surface area contributed by atoms with E-state index in [-0.39, 0.29) is 46.9 Å². The van der Waals surface area contributed by atoms with Crippen molar-refractivity contribution in [2.45, 2.75) is 110 Å². The molecule has 10 nitrogen and oxygen atoms in total. The summed E-state index contributed by atoms with van der Waals surface area (Å²) in [5, 5.41) is 15.0. The van der Waals surface area contributed by atoms with E-state index in [9.17, 15) is 19.5 Å². The minimum atomic E-state index is -1.57. The first kappa shape index (κ1) is 38.3. The lowest BCUT2D eigenvalue weighted by molar-refractivity contribution is -0.171. The van der Waals surface area contributed by atoms with E-state index in [4.69, 9.17) is 18.9 Å². The average molecular weight is 741 g/mol. The summed E-state index contributed by atoms with van der Waals surface area (Å²) in [6, 6.07) is 0. The molecule has 4 aliphatic heterocycles. The molecule has 1 spiro atoms. The first-order valence-corrected chi connectivity index (χ1v) is 19.6. The van der Waals surface area contributed by atoms with Crippen LogP contribution in [0.4, 0.5) is 0 Å². The van der Waals surface area contributed by atoms with E-state index in [0.29, 0.717) is 67.0 Å². The van der Waals surface area contributed by atoms with Gasteiger partial charge >= 0.3 is 0 Å². The number of hydrogen-bond acceptors (Lipinski definition) is 9. The Balaban J connectivity index is 1.30. The molecule has 0 aromatic heterocycles. The number of Topliss-reactive ketones (excluding diaryl/α,β-unsaturated/α-hetero) is 2. The summed E-state index contributed by atoms with van der Waals surface area (Å²) in [6.07, 6.45) is 14.0. The molecular weight excluding hydrogens is 684 g/mol. The lowest BCUT2D eigenvalue weighted by Gasteiger charge is -2.56. The molecule has 2 saturated heterocycles. The number of ether oxygens (including phenoxy) is 4. The maximum atomic E-state index is 15.0. The van der Waals surface area contributed by atoms with Crippen LogP contribution in [0.2, 0.25) is 0 Å². The highest BCUT2D eigenvalue weighted by atomic mass is 16.6. The third-order valence-corrected chi connectivity index (χ3v) is 12.3. The number of nitrogens with one attached hydrogen (secondary N) is 1. The Morgan fingerprint density at radius 3 is 2.43 bits per heavy atom. The van der Waals surface area contributed by atoms with Gasteiger partial charge in [-0.1, -0.05) is 35.5 Å². The predicted octanol–water partition coefficient (Wildman–Crippen LogP) is 6.60. The van der Waals surface area contributed by atoms with Crippen LogP contribution in [0.25, 0.3) is 6.08 Å². The number of rotatable bonds is 11. The van der Waals surface area contributed by atoms with Crippen molar-refractivity contribution in [2.75, 3.05) is 39.4 Å². The Bertz CT molecular complexity index is 1920. The molecule has 5 unspecified atom stereocenters. The first-order chi connectivity index (χ1) is 25.5. The lowest BCUT2D eigenvalue weighted by Crippen LogP contribution is -2.72. The van der Waals surface area contributed by atoms with Gasteiger partial charge in [0.15, 0.2) is 22.8 Å². The molecule has 3 fully saturated rings. The van der Waals surface area contributed by atoms with Gasteiger partial charge in [-0.25, -0.2) is 0 Å². The van der Waals surface area contributed by atoms with Gasteiger partial charge in [-0.3, -0.25) is 19.3 Å². The van der Waals surface area contributed by atoms with Crippen molar-refractivity contribution in [1.82, 2.24) is 10.2 Å². The van der Waals surface area contributed by atoms with Crippen LogP contribution in [-0.4, -0.2) is 89.3 Å². The summed E-state index contributed by atoms with van der Waals surface area (Å²) in [5.74, 6) is -1.14. The summed E-state index contributed by atoms with van der Waals surface area (Å²) in [4.78, 5) is 45.2. The number of amides is 1. The van der Waals surface area contributed by atoms with Crippen molar-refractivity contribution < 1.29 is 38.4 Å². The number of nitrogens with zero attached hydrogens (tertiary/aromatic N) is 1. The molecule has 8 rings (SSSR count). The maximum Gasteiger partial charge on any atom is 0.246 e. The number of aromatic hydroxyl groups is 1. The fourth-order valence-electron chi connectivity index (χ4n) is 9.47. The number of phenolic OH excluding ortho intramolecular Hbond substituents is 1. The van der Waals surface area contributed by atoms with Crippen LogP contribution in [0.1, 0.15) is 103 Å². The number of ketones is 2. The number of carbonyl (C=O) groups excluding carboxylic acids is 3. The van der Waals surface area contributed by atoms with Gasteiger partial charge in [0.25, 0.3) is 0 Å². The fraction of sp³-hybridized carbons (Fsp3) is 0.568. The van der Waals surface area contributed by atoms with Gasteiger partial charge in [-0.2, -0.15) is 0 Å². The second kappa shape index (κ2) is 13.9. The lowest BCUT2D eigenvalue weighted by atomic mass is 9.51. The van der Waals surface area contributed by atoms with Crippen LogP contribution in [0.3, 0.4) is 0 Å². The molecule has 1 aromatic rings. The molecule has 0 radical (unpaired) electrons. The van der Waals surface area contributed by atoms with Crippen LogP contribution in [0, 0.1) is 11.8 Å². The van der Waals surface area contributed by atoms with Crippen LogP contribution in [0.5, 0.6) is 17.2 Å². The topological polar surface area (TPSA) is 124 Å². The fourth-order valence-corrected chi connectivity index (χ4v) is 9.47. The Kier molecular flexibility index (Phi) is 9.89. The van der Waals surface area contributed by atoms with Gasteiger partial charge < -0.3 is 29.4 Å². The van der Waals surface area contributed by atoms with Gasteiger partial charge in [-0.15, -0.1) is 0 Å². The third kappa shape index (κ3) is 6.18. The van der Waals surface area contributed by atoms with Gasteiger partial charge in [0.2, 0.25) is 5.91 Å². The Labute approximate surface area is 319 Å². The van der Waals surface area contributed by atoms with Crippen LogP contribution < -0.4 is 14.8 Å². The van der Waals surface area contributed by atoms with Crippen molar-refractivity contribution in [3.63, 3.8) is 0 Å². The third-order valence-electron chi connectivity index (χ3n) is 12.3. The molecule has 290 valence electrons. The van der Waals surface area contributed by atoms with Gasteiger partial charge in [0, 0.05) is 61.1 Å². The molecule has 3 aliphatic carbocycles. The van der Waals surface area contributed by atoms with E-state index in [1.807, 2.05) is 46.8 Å². The average Bonchev–Trinajstić information content (AvgIpc) is 3.27. The summed E-state index contributed by atoms with van der Waals surface area (Å²) in [6.45, 7) is 20.1. The number of benzene rings is 1. The Hall–Kier alpha value is -3.99. The molecule has 1 amide bonds. The van der Waals surface area contributed by atoms with Crippen molar-refractivity contribution in [2.24, 2.45) is 11.8 Å². The molecule has 4 heterocycles. The molecule has 1 aromatic carbocycles. The number of morpholine rings is 1. The largest absolute Gasteiger partial charge is 0.506 e. The van der Waals surface area contributed by atoms with Crippen LogP contribution >= 0.6 is 0 Å². The zero-order valence-corrected chi connectivity index (χ0v) is 33.1. The molecular formula is C44H56N2O8. The van der Waals surface area contributed by atoms with Gasteiger partial charge in [0.05, 0.1) is 24.4 Å². The van der Waals surface area contributed by atoms with Crippen LogP contribution in [0.15, 0.2) is 52.7 Å². The zero-order valence-electron chi connectivity index (χ0n) is 33.1. The summed E-state index contributed by atoms with van der Waals surface area (Å²) < 4.78 is 26.5. The normalized spacial score (nSPS) is 30.4. The molecule has 4 bridgehead atoms. The number of phenols is 1. The second-order valence-electron chi connectivity index (χ2n) is 17.2. The minimum Gasteiger partial charge on any atom is -0.506 e. The van der Waals surface area contributed by atoms with E-state index in [1.54, 1.807) is 19.1 Å². The molecule has 1 saturated carbocycles. The quantitative estimate of drug-likeness (QED) is 0.191. The number of allylic oxidation sites excluding steroid dienone is 5. The summed E-state index contributed by atoms with van der Waals surface area (Å²) in [7, 11) is 0. The van der Waals surface area contributed by atoms with Crippen molar-refractivity contribution in [3.05, 3.63) is 69.4 Å². The van der Waals surface area contributed by atoms with Crippen LogP contribution in [-0.2, 0) is 25.5 Å². The molecule has 5 atom stereocenters. The van der Waals surface area contributed by atoms with E-state index >= 15 is 0 Å². The summed E-state index contributed by atoms with van der Waals surface area (Å²) >= 11 is 0. The molecule has 7 aliphatic rings. The molecule has 2 N–H and O–H groups in total. The first-order valence-electron chi connectivity index (χ1n) is 19.6.